The molecule has 2 aromatic rings. The number of carboxylic acids is 1. The van der Waals surface area contributed by atoms with Gasteiger partial charge in [-0.25, -0.2) is 4.79 Å². The van der Waals surface area contributed by atoms with Gasteiger partial charge in [-0.05, 0) is 82.9 Å². The molecule has 26 heavy (non-hydrogen) atoms. The van der Waals surface area contributed by atoms with Gasteiger partial charge in [-0.1, -0.05) is 39.8 Å². The lowest BCUT2D eigenvalue weighted by Crippen LogP contribution is -2.34. The molecule has 1 aliphatic rings. The number of fused-ring (bicyclic) bond motifs is 1. The van der Waals surface area contributed by atoms with E-state index in [0.717, 1.165) is 11.1 Å². The number of hydrogen-bond acceptors (Lipinski definition) is 2. The van der Waals surface area contributed by atoms with Gasteiger partial charge in [0.2, 0.25) is 0 Å². The molecule has 0 bridgehead atoms. The minimum absolute atomic E-state index is 0.169. The fraction of sp³-hybridized carbons (Fsp3) is 0.435. The van der Waals surface area contributed by atoms with E-state index < -0.39 is 5.97 Å². The molecule has 0 aliphatic heterocycles. The minimum atomic E-state index is -0.857. The Morgan fingerprint density at radius 2 is 1.69 bits per heavy atom. The van der Waals surface area contributed by atoms with Gasteiger partial charge in [0.05, 0.1) is 0 Å². The summed E-state index contributed by atoms with van der Waals surface area (Å²) in [6.45, 7) is 13.6. The molecule has 0 radical (unpaired) electrons. The van der Waals surface area contributed by atoms with Crippen LogP contribution in [0.4, 0.5) is 0 Å². The Labute approximate surface area is 160 Å². The summed E-state index contributed by atoms with van der Waals surface area (Å²) in [7, 11) is 0. The van der Waals surface area contributed by atoms with Gasteiger partial charge in [-0.15, -0.1) is 11.3 Å². The van der Waals surface area contributed by atoms with Gasteiger partial charge in [0.15, 0.2) is 0 Å². The zero-order chi connectivity index (χ0) is 19.3. The van der Waals surface area contributed by atoms with Crippen LogP contribution in [-0.2, 0) is 10.8 Å². The van der Waals surface area contributed by atoms with Crippen molar-refractivity contribution in [1.29, 1.82) is 0 Å². The van der Waals surface area contributed by atoms with E-state index in [1.165, 1.54) is 46.4 Å². The second-order valence-electron chi connectivity index (χ2n) is 8.82. The number of allylic oxidation sites excluding steroid dienone is 1. The number of hydrogen-bond donors (Lipinski definition) is 1. The fourth-order valence-corrected chi connectivity index (χ4v) is 4.78. The van der Waals surface area contributed by atoms with Crippen molar-refractivity contribution >= 4 is 29.0 Å². The van der Waals surface area contributed by atoms with Crippen molar-refractivity contribution in [3.8, 4) is 0 Å². The van der Waals surface area contributed by atoms with Crippen LogP contribution in [0.5, 0.6) is 0 Å². The van der Waals surface area contributed by atoms with Crippen LogP contribution in [0.1, 0.15) is 84.9 Å². The van der Waals surface area contributed by atoms with Gasteiger partial charge in [0.1, 0.15) is 4.88 Å². The van der Waals surface area contributed by atoms with Crippen molar-refractivity contribution in [3.63, 3.8) is 0 Å². The third kappa shape index (κ3) is 3.25. The minimum Gasteiger partial charge on any atom is -0.477 e. The number of carbonyl (C=O) groups is 1. The van der Waals surface area contributed by atoms with E-state index in [4.69, 9.17) is 0 Å². The quantitative estimate of drug-likeness (QED) is 0.657. The molecular formula is C23H28O2S. The number of benzene rings is 1. The largest absolute Gasteiger partial charge is 0.477 e. The van der Waals surface area contributed by atoms with Gasteiger partial charge in [0.25, 0.3) is 0 Å². The molecule has 0 saturated carbocycles. The van der Waals surface area contributed by atoms with Crippen LogP contribution in [0, 0.1) is 6.92 Å². The first kappa shape index (κ1) is 18.9. The van der Waals surface area contributed by atoms with E-state index in [9.17, 15) is 9.90 Å². The summed E-state index contributed by atoms with van der Waals surface area (Å²) in [5.41, 5.74) is 7.66. The van der Waals surface area contributed by atoms with Crippen molar-refractivity contribution in [2.45, 2.75) is 65.2 Å². The van der Waals surface area contributed by atoms with Crippen LogP contribution >= 0.6 is 11.3 Å². The Morgan fingerprint density at radius 1 is 1.12 bits per heavy atom. The third-order valence-electron chi connectivity index (χ3n) is 5.88. The second-order valence-corrected chi connectivity index (χ2v) is 9.73. The van der Waals surface area contributed by atoms with Crippen molar-refractivity contribution in [1.82, 2.24) is 0 Å². The maximum absolute atomic E-state index is 11.4. The molecule has 138 valence electrons. The number of rotatable bonds is 3. The molecule has 1 heterocycles. The lowest BCUT2D eigenvalue weighted by atomic mass is 9.62. The van der Waals surface area contributed by atoms with E-state index in [0.29, 0.717) is 4.88 Å². The molecule has 2 nitrogen and oxygen atoms in total. The number of carboxylic acid groups (broad SMARTS) is 1. The lowest BCUT2D eigenvalue weighted by Gasteiger charge is -2.42. The zero-order valence-electron chi connectivity index (χ0n) is 16.6. The molecule has 3 heteroatoms. The van der Waals surface area contributed by atoms with E-state index in [2.05, 4.69) is 53.7 Å². The van der Waals surface area contributed by atoms with Crippen molar-refractivity contribution in [3.05, 3.63) is 56.3 Å². The Bertz CT molecular complexity index is 897. The van der Waals surface area contributed by atoms with Crippen LogP contribution < -0.4 is 0 Å². The van der Waals surface area contributed by atoms with E-state index in [1.54, 1.807) is 0 Å². The molecule has 0 atom stereocenters. The summed E-state index contributed by atoms with van der Waals surface area (Å²) >= 11 is 1.28. The van der Waals surface area contributed by atoms with Crippen LogP contribution in [0.2, 0.25) is 0 Å². The van der Waals surface area contributed by atoms with Crippen LogP contribution in [0.3, 0.4) is 0 Å². The highest BCUT2D eigenvalue weighted by atomic mass is 32.1. The Balaban J connectivity index is 2.13. The molecule has 0 fully saturated rings. The predicted octanol–water partition coefficient (Wildman–Crippen LogP) is 6.66. The maximum Gasteiger partial charge on any atom is 0.346 e. The van der Waals surface area contributed by atoms with Crippen LogP contribution in [0.15, 0.2) is 23.6 Å². The lowest BCUT2D eigenvalue weighted by molar-refractivity contribution is 0.0702. The summed E-state index contributed by atoms with van der Waals surface area (Å²) in [6, 6.07) is 6.59. The van der Waals surface area contributed by atoms with E-state index in [1.807, 2.05) is 17.5 Å². The van der Waals surface area contributed by atoms with Gasteiger partial charge >= 0.3 is 5.97 Å². The van der Waals surface area contributed by atoms with Crippen molar-refractivity contribution < 1.29 is 9.90 Å². The van der Waals surface area contributed by atoms with Crippen molar-refractivity contribution in [2.75, 3.05) is 0 Å². The van der Waals surface area contributed by atoms with Gasteiger partial charge in [-0.3, -0.25) is 0 Å². The zero-order valence-corrected chi connectivity index (χ0v) is 17.4. The average molecular weight is 369 g/mol. The van der Waals surface area contributed by atoms with Gasteiger partial charge in [-0.2, -0.15) is 0 Å². The van der Waals surface area contributed by atoms with E-state index >= 15 is 0 Å². The number of thiophene rings is 1. The summed E-state index contributed by atoms with van der Waals surface area (Å²) < 4.78 is 0. The first-order chi connectivity index (χ1) is 12.0. The topological polar surface area (TPSA) is 37.3 Å². The molecular weight excluding hydrogens is 340 g/mol. The molecule has 0 unspecified atom stereocenters. The second kappa shape index (κ2) is 6.38. The van der Waals surface area contributed by atoms with E-state index in [-0.39, 0.29) is 10.8 Å². The standard InChI is InChI=1S/C23H28O2S/c1-14(11-16-7-10-26-20(16)21(24)25)17-13-19-18(12-15(17)2)22(3,4)8-9-23(19,5)6/h7,10-13H,8-9H2,1-6H3,(H,24,25)/b14-11+. The smallest absolute Gasteiger partial charge is 0.346 e. The van der Waals surface area contributed by atoms with Crippen molar-refractivity contribution in [2.24, 2.45) is 0 Å². The first-order valence-corrected chi connectivity index (χ1v) is 10.1. The molecule has 0 saturated heterocycles. The summed E-state index contributed by atoms with van der Waals surface area (Å²) in [4.78, 5) is 11.8. The molecule has 1 N–H and O–H groups in total. The summed E-state index contributed by atoms with van der Waals surface area (Å²) in [5.74, 6) is -0.857. The summed E-state index contributed by atoms with van der Waals surface area (Å²) in [6.07, 6.45) is 4.40. The molecule has 1 aromatic heterocycles. The molecule has 1 aliphatic carbocycles. The average Bonchev–Trinajstić information content (AvgIpc) is 3.00. The number of aromatic carboxylic acids is 1. The maximum atomic E-state index is 11.4. The van der Waals surface area contributed by atoms with Crippen LogP contribution in [-0.4, -0.2) is 11.1 Å². The monoisotopic (exact) mass is 368 g/mol. The molecule has 1 aromatic carbocycles. The molecule has 0 amide bonds. The fourth-order valence-electron chi connectivity index (χ4n) is 4.06. The Kier molecular flexibility index (Phi) is 4.64. The number of aryl methyl sites for hydroxylation is 1. The molecule has 0 spiro atoms. The Morgan fingerprint density at radius 3 is 2.27 bits per heavy atom. The highest BCUT2D eigenvalue weighted by Gasteiger charge is 2.37. The SMILES string of the molecule is C/C(=C\c1ccsc1C(=O)O)c1cc2c(cc1C)C(C)(C)CCC2(C)C. The predicted molar refractivity (Wildman–Crippen MR) is 111 cm³/mol. The summed E-state index contributed by atoms with van der Waals surface area (Å²) in [5, 5.41) is 11.2. The highest BCUT2D eigenvalue weighted by Crippen LogP contribution is 2.47. The third-order valence-corrected chi connectivity index (χ3v) is 6.80. The Hall–Kier alpha value is -1.87. The molecule has 3 rings (SSSR count). The first-order valence-electron chi connectivity index (χ1n) is 9.18. The van der Waals surface area contributed by atoms with Gasteiger partial charge < -0.3 is 5.11 Å². The normalized spacial score (nSPS) is 18.5. The highest BCUT2D eigenvalue weighted by molar-refractivity contribution is 7.12. The van der Waals surface area contributed by atoms with Gasteiger partial charge in [0, 0.05) is 5.56 Å². The van der Waals surface area contributed by atoms with Crippen LogP contribution in [0.25, 0.3) is 11.6 Å².